The SMILES string of the molecule is COCCNCC(C)Cc1ccc(C)cc1Cl. The first-order chi connectivity index (χ1) is 8.13. The molecule has 1 aromatic rings. The third-order valence-electron chi connectivity index (χ3n) is 2.75. The van der Waals surface area contributed by atoms with E-state index in [1.54, 1.807) is 7.11 Å². The lowest BCUT2D eigenvalue weighted by molar-refractivity contribution is 0.198. The number of hydrogen-bond donors (Lipinski definition) is 1. The molecule has 0 aliphatic rings. The van der Waals surface area contributed by atoms with E-state index in [1.165, 1.54) is 11.1 Å². The van der Waals surface area contributed by atoms with Crippen LogP contribution in [0.3, 0.4) is 0 Å². The summed E-state index contributed by atoms with van der Waals surface area (Å²) in [6.07, 6.45) is 1.01. The molecule has 0 fully saturated rings. The second-order valence-corrected chi connectivity index (χ2v) is 5.01. The summed E-state index contributed by atoms with van der Waals surface area (Å²) < 4.78 is 4.99. The van der Waals surface area contributed by atoms with E-state index >= 15 is 0 Å². The van der Waals surface area contributed by atoms with Gasteiger partial charge in [-0.1, -0.05) is 30.7 Å². The molecule has 0 aromatic heterocycles. The lowest BCUT2D eigenvalue weighted by Gasteiger charge is -2.13. The number of aryl methyl sites for hydroxylation is 1. The van der Waals surface area contributed by atoms with Gasteiger partial charge in [0.15, 0.2) is 0 Å². The van der Waals surface area contributed by atoms with Crippen LogP contribution in [-0.2, 0) is 11.2 Å². The Labute approximate surface area is 109 Å². The summed E-state index contributed by atoms with van der Waals surface area (Å²) in [7, 11) is 1.72. The molecule has 0 saturated heterocycles. The summed E-state index contributed by atoms with van der Waals surface area (Å²) in [5.41, 5.74) is 2.45. The molecule has 0 bridgehead atoms. The molecule has 1 rings (SSSR count). The minimum Gasteiger partial charge on any atom is -0.383 e. The largest absolute Gasteiger partial charge is 0.383 e. The number of ether oxygens (including phenoxy) is 1. The van der Waals surface area contributed by atoms with Crippen molar-refractivity contribution in [1.29, 1.82) is 0 Å². The van der Waals surface area contributed by atoms with Crippen LogP contribution in [0.1, 0.15) is 18.1 Å². The predicted octanol–water partition coefficient (Wildman–Crippen LogP) is 3.06. The van der Waals surface area contributed by atoms with Crippen molar-refractivity contribution in [2.24, 2.45) is 5.92 Å². The maximum absolute atomic E-state index is 6.22. The highest BCUT2D eigenvalue weighted by atomic mass is 35.5. The highest BCUT2D eigenvalue weighted by Gasteiger charge is 2.06. The summed E-state index contributed by atoms with van der Waals surface area (Å²) in [5.74, 6) is 0.576. The maximum Gasteiger partial charge on any atom is 0.0587 e. The molecule has 3 heteroatoms. The van der Waals surface area contributed by atoms with Crippen LogP contribution < -0.4 is 5.32 Å². The molecule has 96 valence electrons. The first-order valence-electron chi connectivity index (χ1n) is 6.08. The normalized spacial score (nSPS) is 12.7. The fourth-order valence-electron chi connectivity index (χ4n) is 1.79. The van der Waals surface area contributed by atoms with E-state index in [-0.39, 0.29) is 0 Å². The molecule has 0 radical (unpaired) electrons. The molecular formula is C14H22ClNO. The topological polar surface area (TPSA) is 21.3 Å². The van der Waals surface area contributed by atoms with Gasteiger partial charge in [-0.3, -0.25) is 0 Å². The van der Waals surface area contributed by atoms with E-state index in [2.05, 4.69) is 31.3 Å². The summed E-state index contributed by atoms with van der Waals surface area (Å²) in [5, 5.41) is 4.25. The van der Waals surface area contributed by atoms with Gasteiger partial charge in [0, 0.05) is 18.7 Å². The third kappa shape index (κ3) is 5.53. The number of methoxy groups -OCH3 is 1. The van der Waals surface area contributed by atoms with Crippen LogP contribution >= 0.6 is 11.6 Å². The van der Waals surface area contributed by atoms with Gasteiger partial charge in [-0.05, 0) is 43.0 Å². The summed E-state index contributed by atoms with van der Waals surface area (Å²) in [4.78, 5) is 0. The first-order valence-corrected chi connectivity index (χ1v) is 6.46. The molecular weight excluding hydrogens is 234 g/mol. The van der Waals surface area contributed by atoms with E-state index in [0.717, 1.165) is 31.1 Å². The lowest BCUT2D eigenvalue weighted by atomic mass is 10.00. The fraction of sp³-hybridized carbons (Fsp3) is 0.571. The van der Waals surface area contributed by atoms with Gasteiger partial charge >= 0.3 is 0 Å². The number of hydrogen-bond acceptors (Lipinski definition) is 2. The molecule has 0 aliphatic carbocycles. The Morgan fingerprint density at radius 3 is 2.82 bits per heavy atom. The van der Waals surface area contributed by atoms with Gasteiger partial charge in [0.2, 0.25) is 0 Å². The van der Waals surface area contributed by atoms with Crippen LogP contribution in [0.15, 0.2) is 18.2 Å². The summed E-state index contributed by atoms with van der Waals surface area (Å²) in [6.45, 7) is 6.95. The van der Waals surface area contributed by atoms with Gasteiger partial charge in [-0.25, -0.2) is 0 Å². The van der Waals surface area contributed by atoms with Gasteiger partial charge in [0.25, 0.3) is 0 Å². The molecule has 1 N–H and O–H groups in total. The zero-order valence-electron chi connectivity index (χ0n) is 10.9. The standard InChI is InChI=1S/C14H22ClNO/c1-11-4-5-13(14(15)9-11)8-12(2)10-16-6-7-17-3/h4-5,9,12,16H,6-8,10H2,1-3H3. The van der Waals surface area contributed by atoms with Gasteiger partial charge < -0.3 is 10.1 Å². The minimum absolute atomic E-state index is 0.576. The van der Waals surface area contributed by atoms with Gasteiger partial charge in [0.1, 0.15) is 0 Å². The van der Waals surface area contributed by atoms with Crippen LogP contribution in [-0.4, -0.2) is 26.8 Å². The van der Waals surface area contributed by atoms with Crippen LogP contribution in [0.25, 0.3) is 0 Å². The molecule has 0 spiro atoms. The van der Waals surface area contributed by atoms with Crippen LogP contribution in [0.2, 0.25) is 5.02 Å². The average Bonchev–Trinajstić information content (AvgIpc) is 2.28. The van der Waals surface area contributed by atoms with Crippen LogP contribution in [0.5, 0.6) is 0 Å². The van der Waals surface area contributed by atoms with Crippen molar-refractivity contribution < 1.29 is 4.74 Å². The Balaban J connectivity index is 2.37. The molecule has 0 heterocycles. The second-order valence-electron chi connectivity index (χ2n) is 4.60. The molecule has 2 nitrogen and oxygen atoms in total. The summed E-state index contributed by atoms with van der Waals surface area (Å²) in [6, 6.07) is 6.28. The van der Waals surface area contributed by atoms with E-state index in [1.807, 2.05) is 6.07 Å². The van der Waals surface area contributed by atoms with Gasteiger partial charge in [-0.2, -0.15) is 0 Å². The van der Waals surface area contributed by atoms with Crippen molar-refractivity contribution in [3.8, 4) is 0 Å². The first kappa shape index (κ1) is 14.5. The quantitative estimate of drug-likeness (QED) is 0.756. The van der Waals surface area contributed by atoms with E-state index in [0.29, 0.717) is 5.92 Å². The number of benzene rings is 1. The number of halogens is 1. The van der Waals surface area contributed by atoms with Crippen molar-refractivity contribution in [2.75, 3.05) is 26.8 Å². The Hall–Kier alpha value is -0.570. The van der Waals surface area contributed by atoms with Crippen molar-refractivity contribution >= 4 is 11.6 Å². The van der Waals surface area contributed by atoms with Crippen molar-refractivity contribution in [3.05, 3.63) is 34.3 Å². The van der Waals surface area contributed by atoms with Gasteiger partial charge in [0.05, 0.1) is 6.61 Å². The number of nitrogens with one attached hydrogen (secondary N) is 1. The molecule has 1 unspecified atom stereocenters. The Bertz CT molecular complexity index is 341. The predicted molar refractivity (Wildman–Crippen MR) is 73.8 cm³/mol. The molecule has 1 atom stereocenters. The average molecular weight is 256 g/mol. The number of rotatable bonds is 7. The Morgan fingerprint density at radius 1 is 1.41 bits per heavy atom. The molecule has 0 saturated carbocycles. The lowest BCUT2D eigenvalue weighted by Crippen LogP contribution is -2.25. The monoisotopic (exact) mass is 255 g/mol. The van der Waals surface area contributed by atoms with Gasteiger partial charge in [-0.15, -0.1) is 0 Å². The molecule has 0 amide bonds. The summed E-state index contributed by atoms with van der Waals surface area (Å²) >= 11 is 6.22. The molecule has 17 heavy (non-hydrogen) atoms. The maximum atomic E-state index is 6.22. The van der Waals surface area contributed by atoms with Crippen molar-refractivity contribution in [3.63, 3.8) is 0 Å². The molecule has 0 aliphatic heterocycles. The third-order valence-corrected chi connectivity index (χ3v) is 3.10. The van der Waals surface area contributed by atoms with Crippen molar-refractivity contribution in [1.82, 2.24) is 5.32 Å². The fourth-order valence-corrected chi connectivity index (χ4v) is 2.10. The van der Waals surface area contributed by atoms with Crippen LogP contribution in [0, 0.1) is 12.8 Å². The molecule has 1 aromatic carbocycles. The Kier molecular flexibility index (Phi) is 6.56. The highest BCUT2D eigenvalue weighted by molar-refractivity contribution is 6.31. The zero-order chi connectivity index (χ0) is 12.7. The smallest absolute Gasteiger partial charge is 0.0587 e. The van der Waals surface area contributed by atoms with E-state index < -0.39 is 0 Å². The zero-order valence-corrected chi connectivity index (χ0v) is 11.7. The van der Waals surface area contributed by atoms with E-state index in [4.69, 9.17) is 16.3 Å². The minimum atomic E-state index is 0.576. The van der Waals surface area contributed by atoms with Crippen LogP contribution in [0.4, 0.5) is 0 Å². The highest BCUT2D eigenvalue weighted by Crippen LogP contribution is 2.20. The Morgan fingerprint density at radius 2 is 2.18 bits per heavy atom. The second kappa shape index (κ2) is 7.70. The van der Waals surface area contributed by atoms with Crippen molar-refractivity contribution in [2.45, 2.75) is 20.3 Å². The van der Waals surface area contributed by atoms with E-state index in [9.17, 15) is 0 Å².